The van der Waals surface area contributed by atoms with E-state index in [4.69, 9.17) is 0 Å². The van der Waals surface area contributed by atoms with Crippen LogP contribution in [0.1, 0.15) is 37.7 Å². The average Bonchev–Trinajstić information content (AvgIpc) is 3.25. The number of aliphatic hydroxyl groups excluding tert-OH is 1. The van der Waals surface area contributed by atoms with Crippen LogP contribution in [0.5, 0.6) is 0 Å². The highest BCUT2D eigenvalue weighted by Gasteiger charge is 2.48. The summed E-state index contributed by atoms with van der Waals surface area (Å²) < 4.78 is 0. The van der Waals surface area contributed by atoms with Crippen LogP contribution in [0, 0.1) is 23.7 Å². The molecule has 1 aliphatic heterocycles. The second-order valence-electron chi connectivity index (χ2n) is 7.81. The molecule has 5 nitrogen and oxygen atoms in total. The van der Waals surface area contributed by atoms with E-state index in [0.717, 1.165) is 31.9 Å². The minimum atomic E-state index is -0.211. The lowest BCUT2D eigenvalue weighted by Crippen LogP contribution is -2.34. The molecule has 5 heteroatoms. The molecule has 0 saturated heterocycles. The zero-order chi connectivity index (χ0) is 17.2. The molecule has 2 saturated carbocycles. The predicted octanol–water partition coefficient (Wildman–Crippen LogP) is 2.35. The largest absolute Gasteiger partial charge is 0.393 e. The van der Waals surface area contributed by atoms with E-state index in [9.17, 15) is 5.11 Å². The van der Waals surface area contributed by atoms with Crippen LogP contribution in [0.4, 0.5) is 0 Å². The number of hydrogen-bond acceptors (Lipinski definition) is 5. The van der Waals surface area contributed by atoms with Crippen molar-refractivity contribution in [3.05, 3.63) is 35.9 Å². The van der Waals surface area contributed by atoms with Gasteiger partial charge in [-0.1, -0.05) is 37.3 Å². The van der Waals surface area contributed by atoms with Crippen LogP contribution >= 0.6 is 0 Å². The number of aliphatic imine (C=N–C) groups is 1. The Bertz CT molecular complexity index is 644. The van der Waals surface area contributed by atoms with Gasteiger partial charge in [0.2, 0.25) is 5.96 Å². The van der Waals surface area contributed by atoms with Gasteiger partial charge >= 0.3 is 0 Å². The number of rotatable bonds is 3. The van der Waals surface area contributed by atoms with E-state index in [1.54, 1.807) is 0 Å². The number of benzene rings is 1. The van der Waals surface area contributed by atoms with Gasteiger partial charge in [0.05, 0.1) is 12.6 Å². The second-order valence-corrected chi connectivity index (χ2v) is 7.81. The van der Waals surface area contributed by atoms with Crippen molar-refractivity contribution in [2.45, 2.75) is 38.2 Å². The Balaban J connectivity index is 1.44. The SMILES string of the molecule is C[C@@H]1C[C@H](c2ccccc2)C[C@H]2[C@H]1[C@@H](/C=N/NC1=NCCN1)C[C@H]2O. The number of guanidine groups is 1. The molecule has 25 heavy (non-hydrogen) atoms. The van der Waals surface area contributed by atoms with E-state index in [2.05, 4.69) is 58.1 Å². The molecule has 3 N–H and O–H groups in total. The van der Waals surface area contributed by atoms with Crippen molar-refractivity contribution in [2.24, 2.45) is 33.8 Å². The van der Waals surface area contributed by atoms with Crippen molar-refractivity contribution in [1.82, 2.24) is 10.7 Å². The Morgan fingerprint density at radius 1 is 1.24 bits per heavy atom. The molecule has 1 heterocycles. The summed E-state index contributed by atoms with van der Waals surface area (Å²) in [5.74, 6) is 3.18. The van der Waals surface area contributed by atoms with Crippen molar-refractivity contribution >= 4 is 12.2 Å². The third-order valence-electron chi connectivity index (χ3n) is 6.25. The van der Waals surface area contributed by atoms with E-state index in [1.165, 1.54) is 12.0 Å². The first-order chi connectivity index (χ1) is 12.2. The molecule has 2 aliphatic carbocycles. The molecule has 134 valence electrons. The minimum Gasteiger partial charge on any atom is -0.393 e. The van der Waals surface area contributed by atoms with Gasteiger partial charge in [0, 0.05) is 18.7 Å². The maximum Gasteiger partial charge on any atom is 0.212 e. The quantitative estimate of drug-likeness (QED) is 0.584. The Kier molecular flexibility index (Phi) is 4.75. The second kappa shape index (κ2) is 7.16. The molecule has 0 radical (unpaired) electrons. The third kappa shape index (κ3) is 3.43. The van der Waals surface area contributed by atoms with Crippen molar-refractivity contribution in [2.75, 3.05) is 13.1 Å². The number of hydrazone groups is 1. The Morgan fingerprint density at radius 2 is 2.08 bits per heavy atom. The maximum atomic E-state index is 10.7. The van der Waals surface area contributed by atoms with Crippen LogP contribution in [-0.4, -0.2) is 36.5 Å². The fraction of sp³-hybridized carbons (Fsp3) is 0.600. The van der Waals surface area contributed by atoms with Gasteiger partial charge in [-0.15, -0.1) is 0 Å². The van der Waals surface area contributed by atoms with Crippen LogP contribution < -0.4 is 10.7 Å². The van der Waals surface area contributed by atoms with Gasteiger partial charge < -0.3 is 10.4 Å². The topological polar surface area (TPSA) is 69.0 Å². The molecule has 4 rings (SSSR count). The summed E-state index contributed by atoms with van der Waals surface area (Å²) in [4.78, 5) is 4.29. The smallest absolute Gasteiger partial charge is 0.212 e. The molecule has 0 bridgehead atoms. The Morgan fingerprint density at radius 3 is 2.84 bits per heavy atom. The molecular formula is C20H28N4O. The fourth-order valence-corrected chi connectivity index (χ4v) is 5.20. The van der Waals surface area contributed by atoms with Gasteiger partial charge in [0.25, 0.3) is 0 Å². The predicted molar refractivity (Wildman–Crippen MR) is 101 cm³/mol. The fourth-order valence-electron chi connectivity index (χ4n) is 5.20. The summed E-state index contributed by atoms with van der Waals surface area (Å²) in [6.45, 7) is 4.03. The summed E-state index contributed by atoms with van der Waals surface area (Å²) in [5, 5.41) is 18.2. The summed E-state index contributed by atoms with van der Waals surface area (Å²) in [5.41, 5.74) is 4.42. The number of nitrogens with one attached hydrogen (secondary N) is 2. The normalized spacial score (nSPS) is 37.6. The molecule has 6 atom stereocenters. The monoisotopic (exact) mass is 340 g/mol. The lowest BCUT2D eigenvalue weighted by molar-refractivity contribution is 0.0662. The minimum absolute atomic E-state index is 0.211. The van der Waals surface area contributed by atoms with Gasteiger partial charge in [-0.05, 0) is 48.5 Å². The van der Waals surface area contributed by atoms with E-state index in [-0.39, 0.29) is 6.10 Å². The lowest BCUT2D eigenvalue weighted by Gasteiger charge is -2.39. The highest BCUT2D eigenvalue weighted by atomic mass is 16.3. The van der Waals surface area contributed by atoms with Crippen LogP contribution in [-0.2, 0) is 0 Å². The van der Waals surface area contributed by atoms with Crippen molar-refractivity contribution in [1.29, 1.82) is 0 Å². The molecular weight excluding hydrogens is 312 g/mol. The summed E-state index contributed by atoms with van der Waals surface area (Å²) in [6, 6.07) is 10.8. The molecule has 0 aromatic heterocycles. The highest BCUT2D eigenvalue weighted by molar-refractivity contribution is 5.81. The Labute approximate surface area is 149 Å². The summed E-state index contributed by atoms with van der Waals surface area (Å²) >= 11 is 0. The van der Waals surface area contributed by atoms with Gasteiger partial charge in [0.1, 0.15) is 0 Å². The highest BCUT2D eigenvalue weighted by Crippen LogP contribution is 2.52. The molecule has 0 spiro atoms. The number of hydrogen-bond donors (Lipinski definition) is 3. The van der Waals surface area contributed by atoms with Crippen LogP contribution in [0.25, 0.3) is 0 Å². The van der Waals surface area contributed by atoms with Crippen molar-refractivity contribution < 1.29 is 5.11 Å². The van der Waals surface area contributed by atoms with Crippen LogP contribution in [0.2, 0.25) is 0 Å². The van der Waals surface area contributed by atoms with Crippen LogP contribution in [0.15, 0.2) is 40.4 Å². The van der Waals surface area contributed by atoms with Crippen molar-refractivity contribution in [3.8, 4) is 0 Å². The van der Waals surface area contributed by atoms with Gasteiger partial charge in [-0.25, -0.2) is 10.4 Å². The molecule has 3 aliphatic rings. The third-order valence-corrected chi connectivity index (χ3v) is 6.25. The van der Waals surface area contributed by atoms with Crippen molar-refractivity contribution in [3.63, 3.8) is 0 Å². The number of fused-ring (bicyclic) bond motifs is 1. The van der Waals surface area contributed by atoms with E-state index in [0.29, 0.717) is 29.6 Å². The average molecular weight is 340 g/mol. The van der Waals surface area contributed by atoms with E-state index < -0.39 is 0 Å². The van der Waals surface area contributed by atoms with E-state index >= 15 is 0 Å². The lowest BCUT2D eigenvalue weighted by atomic mass is 9.66. The molecule has 0 amide bonds. The first kappa shape index (κ1) is 16.6. The number of nitrogens with zero attached hydrogens (tertiary/aromatic N) is 2. The molecule has 1 aromatic carbocycles. The number of aliphatic hydroxyl groups is 1. The Hall–Kier alpha value is -1.88. The standard InChI is InChI=1S/C20H28N4O/c1-13-9-15(14-5-3-2-4-6-14)10-17-18(25)11-16(19(13)17)12-23-24-20-21-7-8-22-20/h2-6,12-13,15-19,25H,7-11H2,1H3,(H2,21,22,24)/b23-12+/t13-,15+,16-,17-,18-,19-/m1/s1. The zero-order valence-corrected chi connectivity index (χ0v) is 14.8. The van der Waals surface area contributed by atoms with Gasteiger partial charge in [-0.2, -0.15) is 5.10 Å². The summed E-state index contributed by atoms with van der Waals surface area (Å²) in [7, 11) is 0. The van der Waals surface area contributed by atoms with Crippen LogP contribution in [0.3, 0.4) is 0 Å². The molecule has 1 aromatic rings. The van der Waals surface area contributed by atoms with Gasteiger partial charge in [-0.3, -0.25) is 0 Å². The maximum absolute atomic E-state index is 10.7. The molecule has 0 unspecified atom stereocenters. The zero-order valence-electron chi connectivity index (χ0n) is 14.8. The van der Waals surface area contributed by atoms with E-state index in [1.807, 2.05) is 6.21 Å². The first-order valence-corrected chi connectivity index (χ1v) is 9.53. The van der Waals surface area contributed by atoms with Gasteiger partial charge in [0.15, 0.2) is 0 Å². The first-order valence-electron chi connectivity index (χ1n) is 9.53. The summed E-state index contributed by atoms with van der Waals surface area (Å²) in [6.07, 6.45) is 4.91. The molecule has 2 fully saturated rings.